The number of furan rings is 1. The molecule has 3 aromatic rings. The van der Waals surface area contributed by atoms with Gasteiger partial charge in [0.1, 0.15) is 5.76 Å². The predicted molar refractivity (Wildman–Crippen MR) is 111 cm³/mol. The number of ether oxygens (including phenoxy) is 1. The number of nitrogens with one attached hydrogen (secondary N) is 1. The highest BCUT2D eigenvalue weighted by Gasteiger charge is 2.15. The SMILES string of the molecule is CCOC(=O)c1cccc(NC(=O)c2ccc(CS(=O)c3ccc(Cl)cc3)o2)c1. The second-order valence-electron chi connectivity index (χ2n) is 5.97. The molecule has 1 aromatic heterocycles. The summed E-state index contributed by atoms with van der Waals surface area (Å²) in [6.07, 6.45) is 0. The summed E-state index contributed by atoms with van der Waals surface area (Å²) in [7, 11) is -1.33. The Kier molecular flexibility index (Phi) is 6.85. The number of rotatable bonds is 7. The van der Waals surface area contributed by atoms with Crippen LogP contribution in [0.25, 0.3) is 0 Å². The molecule has 0 saturated carbocycles. The maximum atomic E-state index is 12.4. The molecule has 0 aliphatic heterocycles. The van der Waals surface area contributed by atoms with E-state index in [1.165, 1.54) is 12.1 Å². The maximum Gasteiger partial charge on any atom is 0.338 e. The summed E-state index contributed by atoms with van der Waals surface area (Å²) in [6.45, 7) is 1.99. The van der Waals surface area contributed by atoms with Crippen molar-refractivity contribution >= 4 is 40.0 Å². The van der Waals surface area contributed by atoms with Gasteiger partial charge in [-0.05, 0) is 61.5 Å². The molecule has 0 bridgehead atoms. The molecule has 0 aliphatic carbocycles. The van der Waals surface area contributed by atoms with Gasteiger partial charge in [0, 0.05) is 15.6 Å². The van der Waals surface area contributed by atoms with Crippen molar-refractivity contribution in [1.82, 2.24) is 0 Å². The molecule has 6 nitrogen and oxygen atoms in total. The van der Waals surface area contributed by atoms with Crippen molar-refractivity contribution < 1.29 is 23.0 Å². The van der Waals surface area contributed by atoms with Crippen molar-refractivity contribution in [2.24, 2.45) is 0 Å². The first-order valence-electron chi connectivity index (χ1n) is 8.77. The van der Waals surface area contributed by atoms with Gasteiger partial charge in [0.05, 0.1) is 28.7 Å². The van der Waals surface area contributed by atoms with E-state index < -0.39 is 22.7 Å². The van der Waals surface area contributed by atoms with Crippen LogP contribution in [-0.4, -0.2) is 22.7 Å². The fraction of sp³-hybridized carbons (Fsp3) is 0.143. The molecule has 1 heterocycles. The largest absolute Gasteiger partial charge is 0.462 e. The van der Waals surface area contributed by atoms with E-state index in [1.54, 1.807) is 55.5 Å². The van der Waals surface area contributed by atoms with E-state index in [4.69, 9.17) is 20.8 Å². The van der Waals surface area contributed by atoms with Crippen LogP contribution in [0.1, 0.15) is 33.6 Å². The standard InChI is InChI=1S/C21H18ClNO5S/c1-2-27-21(25)14-4-3-5-16(12-14)23-20(24)19-11-8-17(28-19)13-29(26)18-9-6-15(22)7-10-18/h3-12H,2,13H2,1H3,(H,23,24). The van der Waals surface area contributed by atoms with Crippen LogP contribution in [0.5, 0.6) is 0 Å². The van der Waals surface area contributed by atoms with Gasteiger partial charge in [0.25, 0.3) is 5.91 Å². The number of halogens is 1. The zero-order valence-electron chi connectivity index (χ0n) is 15.5. The van der Waals surface area contributed by atoms with Crippen LogP contribution >= 0.6 is 11.6 Å². The molecule has 1 atom stereocenters. The summed E-state index contributed by atoms with van der Waals surface area (Å²) in [5, 5.41) is 3.23. The third-order valence-electron chi connectivity index (χ3n) is 3.87. The van der Waals surface area contributed by atoms with Gasteiger partial charge in [0.15, 0.2) is 5.76 Å². The third-order valence-corrected chi connectivity index (χ3v) is 5.46. The van der Waals surface area contributed by atoms with Crippen molar-refractivity contribution in [2.75, 3.05) is 11.9 Å². The summed E-state index contributed by atoms with van der Waals surface area (Å²) in [5.41, 5.74) is 0.770. The average Bonchev–Trinajstić information content (AvgIpc) is 3.17. The van der Waals surface area contributed by atoms with E-state index in [2.05, 4.69) is 5.32 Å². The molecular weight excluding hydrogens is 414 g/mol. The summed E-state index contributed by atoms with van der Waals surface area (Å²) < 4.78 is 22.9. The monoisotopic (exact) mass is 431 g/mol. The Bertz CT molecular complexity index is 1050. The highest BCUT2D eigenvalue weighted by Crippen LogP contribution is 2.19. The number of hydrogen-bond acceptors (Lipinski definition) is 5. The van der Waals surface area contributed by atoms with Crippen LogP contribution in [0.3, 0.4) is 0 Å². The molecule has 0 spiro atoms. The molecular formula is C21H18ClNO5S. The average molecular weight is 432 g/mol. The Hall–Kier alpha value is -2.90. The van der Waals surface area contributed by atoms with Gasteiger partial charge < -0.3 is 14.5 Å². The number of amides is 1. The Morgan fingerprint density at radius 2 is 1.86 bits per heavy atom. The van der Waals surface area contributed by atoms with Gasteiger partial charge in [-0.3, -0.25) is 9.00 Å². The highest BCUT2D eigenvalue weighted by atomic mass is 35.5. The number of anilines is 1. The fourth-order valence-corrected chi connectivity index (χ4v) is 3.65. The molecule has 0 aliphatic rings. The van der Waals surface area contributed by atoms with Gasteiger partial charge in [-0.25, -0.2) is 4.79 Å². The topological polar surface area (TPSA) is 85.6 Å². The van der Waals surface area contributed by atoms with Gasteiger partial charge in [-0.1, -0.05) is 17.7 Å². The first-order chi connectivity index (χ1) is 14.0. The van der Waals surface area contributed by atoms with Crippen LogP contribution in [0.2, 0.25) is 5.02 Å². The molecule has 1 N–H and O–H groups in total. The van der Waals surface area contributed by atoms with E-state index in [-0.39, 0.29) is 18.1 Å². The van der Waals surface area contributed by atoms with Gasteiger partial charge >= 0.3 is 5.97 Å². The molecule has 8 heteroatoms. The van der Waals surface area contributed by atoms with Crippen LogP contribution in [-0.2, 0) is 21.3 Å². The van der Waals surface area contributed by atoms with Crippen LogP contribution in [0.15, 0.2) is 70.0 Å². The van der Waals surface area contributed by atoms with E-state index in [0.717, 1.165) is 0 Å². The zero-order valence-corrected chi connectivity index (χ0v) is 17.1. The quantitative estimate of drug-likeness (QED) is 0.549. The first-order valence-corrected chi connectivity index (χ1v) is 10.5. The van der Waals surface area contributed by atoms with E-state index in [0.29, 0.717) is 26.9 Å². The fourth-order valence-electron chi connectivity index (χ4n) is 2.51. The van der Waals surface area contributed by atoms with Crippen LogP contribution in [0.4, 0.5) is 5.69 Å². The number of carbonyl (C=O) groups excluding carboxylic acids is 2. The lowest BCUT2D eigenvalue weighted by Crippen LogP contribution is -2.12. The first kappa shape index (κ1) is 20.8. The summed E-state index contributed by atoms with van der Waals surface area (Å²) in [6, 6.07) is 16.2. The van der Waals surface area contributed by atoms with Crippen molar-refractivity contribution in [3.63, 3.8) is 0 Å². The van der Waals surface area contributed by atoms with E-state index in [1.807, 2.05) is 0 Å². The molecule has 0 saturated heterocycles. The lowest BCUT2D eigenvalue weighted by atomic mass is 10.2. The van der Waals surface area contributed by atoms with Crippen LogP contribution in [0, 0.1) is 0 Å². The van der Waals surface area contributed by atoms with Crippen molar-refractivity contribution in [3.05, 3.63) is 82.8 Å². The molecule has 3 rings (SSSR count). The summed E-state index contributed by atoms with van der Waals surface area (Å²) >= 11 is 5.84. The Labute approximate surface area is 175 Å². The molecule has 29 heavy (non-hydrogen) atoms. The second-order valence-corrected chi connectivity index (χ2v) is 7.85. The minimum atomic E-state index is -1.33. The Balaban J connectivity index is 1.65. The molecule has 150 valence electrons. The van der Waals surface area contributed by atoms with Gasteiger partial charge in [0.2, 0.25) is 0 Å². The second kappa shape index (κ2) is 9.54. The highest BCUT2D eigenvalue weighted by molar-refractivity contribution is 7.84. The van der Waals surface area contributed by atoms with E-state index in [9.17, 15) is 13.8 Å². The van der Waals surface area contributed by atoms with Gasteiger partial charge in [-0.15, -0.1) is 0 Å². The van der Waals surface area contributed by atoms with Crippen LogP contribution < -0.4 is 5.32 Å². The number of hydrogen-bond donors (Lipinski definition) is 1. The molecule has 1 amide bonds. The minimum Gasteiger partial charge on any atom is -0.462 e. The zero-order chi connectivity index (χ0) is 20.8. The summed E-state index contributed by atoms with van der Waals surface area (Å²) in [4.78, 5) is 24.8. The smallest absolute Gasteiger partial charge is 0.338 e. The maximum absolute atomic E-state index is 12.4. The molecule has 0 radical (unpaired) electrons. The predicted octanol–water partition coefficient (Wildman–Crippen LogP) is 4.67. The number of benzene rings is 2. The number of carbonyl (C=O) groups is 2. The number of esters is 1. The third kappa shape index (κ3) is 5.56. The van der Waals surface area contributed by atoms with Crippen molar-refractivity contribution in [1.29, 1.82) is 0 Å². The Morgan fingerprint density at radius 3 is 2.59 bits per heavy atom. The summed E-state index contributed by atoms with van der Waals surface area (Å²) in [5.74, 6) is -0.311. The molecule has 1 unspecified atom stereocenters. The normalized spacial score (nSPS) is 11.7. The van der Waals surface area contributed by atoms with Gasteiger partial charge in [-0.2, -0.15) is 0 Å². The molecule has 2 aromatic carbocycles. The Morgan fingerprint density at radius 1 is 1.10 bits per heavy atom. The lowest BCUT2D eigenvalue weighted by molar-refractivity contribution is 0.0526. The minimum absolute atomic E-state index is 0.0784. The van der Waals surface area contributed by atoms with Crippen molar-refractivity contribution in [2.45, 2.75) is 17.6 Å². The molecule has 0 fully saturated rings. The van der Waals surface area contributed by atoms with E-state index >= 15 is 0 Å². The van der Waals surface area contributed by atoms with Crippen molar-refractivity contribution in [3.8, 4) is 0 Å². The lowest BCUT2D eigenvalue weighted by Gasteiger charge is -2.06.